The molecule has 0 unspecified atom stereocenters. The van der Waals surface area contributed by atoms with Gasteiger partial charge in [0.25, 0.3) is 5.91 Å². The lowest BCUT2D eigenvalue weighted by atomic mass is 10.1. The molecule has 1 aliphatic heterocycles. The van der Waals surface area contributed by atoms with Crippen LogP contribution in [0.1, 0.15) is 35.2 Å². The lowest BCUT2D eigenvalue weighted by Crippen LogP contribution is -2.33. The first-order chi connectivity index (χ1) is 13.0. The molecule has 6 heteroatoms. The second-order valence-corrected chi connectivity index (χ2v) is 6.79. The predicted molar refractivity (Wildman–Crippen MR) is 103 cm³/mol. The zero-order chi connectivity index (χ0) is 19.2. The van der Waals surface area contributed by atoms with E-state index in [2.05, 4.69) is 0 Å². The van der Waals surface area contributed by atoms with Crippen LogP contribution in [0, 0.1) is 5.82 Å². The van der Waals surface area contributed by atoms with Crippen molar-refractivity contribution in [3.63, 3.8) is 0 Å². The smallest absolute Gasteiger partial charge is 0.254 e. The van der Waals surface area contributed by atoms with Crippen molar-refractivity contribution in [1.82, 2.24) is 4.90 Å². The van der Waals surface area contributed by atoms with Gasteiger partial charge in [0.1, 0.15) is 5.82 Å². The molecule has 0 aliphatic carbocycles. The number of nitrogens with two attached hydrogens (primary N) is 1. The number of carbonyl (C=O) groups excluding carboxylic acids is 2. The van der Waals surface area contributed by atoms with E-state index in [1.807, 2.05) is 35.2 Å². The van der Waals surface area contributed by atoms with E-state index < -0.39 is 11.7 Å². The van der Waals surface area contributed by atoms with Gasteiger partial charge in [-0.25, -0.2) is 4.39 Å². The van der Waals surface area contributed by atoms with Crippen LogP contribution in [0.5, 0.6) is 0 Å². The Bertz CT molecular complexity index is 804. The number of nitrogens with zero attached hydrogens (tertiary/aromatic N) is 2. The van der Waals surface area contributed by atoms with E-state index in [1.54, 1.807) is 12.1 Å². The molecular weight excluding hydrogens is 345 g/mol. The summed E-state index contributed by atoms with van der Waals surface area (Å²) in [5.74, 6) is -1.18. The SMILES string of the molecule is NC(=O)CCN(Cc1ccccc1)C(=O)c1ccc(N2CCCC2)c(F)c1. The molecule has 0 atom stereocenters. The Morgan fingerprint density at radius 2 is 1.78 bits per heavy atom. The number of primary amides is 1. The fourth-order valence-electron chi connectivity index (χ4n) is 3.34. The molecular formula is C21H24FN3O2. The first kappa shape index (κ1) is 18.9. The Morgan fingerprint density at radius 1 is 1.07 bits per heavy atom. The van der Waals surface area contributed by atoms with Gasteiger partial charge in [0, 0.05) is 38.2 Å². The van der Waals surface area contributed by atoms with E-state index in [-0.39, 0.29) is 24.4 Å². The van der Waals surface area contributed by atoms with E-state index in [4.69, 9.17) is 5.73 Å². The van der Waals surface area contributed by atoms with Gasteiger partial charge in [-0.1, -0.05) is 30.3 Å². The van der Waals surface area contributed by atoms with Crippen LogP contribution < -0.4 is 10.6 Å². The highest BCUT2D eigenvalue weighted by Crippen LogP contribution is 2.25. The van der Waals surface area contributed by atoms with Gasteiger partial charge in [-0.2, -0.15) is 0 Å². The van der Waals surface area contributed by atoms with Crippen molar-refractivity contribution in [1.29, 1.82) is 0 Å². The molecule has 1 fully saturated rings. The standard InChI is InChI=1S/C21H24FN3O2/c22-18-14-17(8-9-19(18)24-11-4-5-12-24)21(27)25(13-10-20(23)26)15-16-6-2-1-3-7-16/h1-3,6-9,14H,4-5,10-13,15H2,(H2,23,26). The minimum atomic E-state index is -0.476. The lowest BCUT2D eigenvalue weighted by Gasteiger charge is -2.23. The molecule has 1 heterocycles. The largest absolute Gasteiger partial charge is 0.370 e. The van der Waals surface area contributed by atoms with Gasteiger partial charge in [-0.15, -0.1) is 0 Å². The van der Waals surface area contributed by atoms with Crippen molar-refractivity contribution in [2.75, 3.05) is 24.5 Å². The zero-order valence-corrected chi connectivity index (χ0v) is 15.2. The average molecular weight is 369 g/mol. The predicted octanol–water partition coefficient (Wildman–Crippen LogP) is 2.94. The Kier molecular flexibility index (Phi) is 6.06. The van der Waals surface area contributed by atoms with Gasteiger partial charge in [0.2, 0.25) is 5.91 Å². The number of hydrogen-bond acceptors (Lipinski definition) is 3. The summed E-state index contributed by atoms with van der Waals surface area (Å²) in [6, 6.07) is 14.1. The third-order valence-electron chi connectivity index (χ3n) is 4.77. The quantitative estimate of drug-likeness (QED) is 0.816. The van der Waals surface area contributed by atoms with E-state index in [9.17, 15) is 14.0 Å². The lowest BCUT2D eigenvalue weighted by molar-refractivity contribution is -0.118. The molecule has 0 radical (unpaired) electrons. The summed E-state index contributed by atoms with van der Waals surface area (Å²) in [5.41, 5.74) is 6.99. The maximum atomic E-state index is 14.6. The summed E-state index contributed by atoms with van der Waals surface area (Å²) in [6.45, 7) is 2.20. The van der Waals surface area contributed by atoms with Crippen molar-refractivity contribution in [3.05, 3.63) is 65.5 Å². The normalized spacial score (nSPS) is 13.6. The summed E-state index contributed by atoms with van der Waals surface area (Å²) in [6.07, 6.45) is 2.17. The molecule has 2 aromatic rings. The molecule has 1 saturated heterocycles. The van der Waals surface area contributed by atoms with Crippen LogP contribution in [0.4, 0.5) is 10.1 Å². The Morgan fingerprint density at radius 3 is 2.41 bits per heavy atom. The number of amides is 2. The molecule has 0 bridgehead atoms. The molecule has 2 amide bonds. The molecule has 2 N–H and O–H groups in total. The average Bonchev–Trinajstić information content (AvgIpc) is 3.19. The third-order valence-corrected chi connectivity index (χ3v) is 4.77. The maximum absolute atomic E-state index is 14.6. The van der Waals surface area contributed by atoms with Crippen LogP contribution in [0.3, 0.4) is 0 Å². The minimum Gasteiger partial charge on any atom is -0.370 e. The van der Waals surface area contributed by atoms with Crippen molar-refractivity contribution in [2.24, 2.45) is 5.73 Å². The van der Waals surface area contributed by atoms with Crippen molar-refractivity contribution in [3.8, 4) is 0 Å². The van der Waals surface area contributed by atoms with Crippen LogP contribution in [0.15, 0.2) is 48.5 Å². The van der Waals surface area contributed by atoms with E-state index in [0.29, 0.717) is 12.2 Å². The number of halogens is 1. The highest BCUT2D eigenvalue weighted by Gasteiger charge is 2.21. The Balaban J connectivity index is 1.79. The Hall–Kier alpha value is -2.89. The molecule has 142 valence electrons. The van der Waals surface area contributed by atoms with Gasteiger partial charge in [0.15, 0.2) is 0 Å². The molecule has 2 aromatic carbocycles. The topological polar surface area (TPSA) is 66.6 Å². The van der Waals surface area contributed by atoms with Crippen LogP contribution in [-0.2, 0) is 11.3 Å². The summed E-state index contributed by atoms with van der Waals surface area (Å²) in [5, 5.41) is 0. The Labute approximate surface area is 158 Å². The number of carbonyl (C=O) groups is 2. The highest BCUT2D eigenvalue weighted by molar-refractivity contribution is 5.95. The molecule has 0 spiro atoms. The van der Waals surface area contributed by atoms with E-state index in [1.165, 1.54) is 11.0 Å². The monoisotopic (exact) mass is 369 g/mol. The summed E-state index contributed by atoms with van der Waals surface area (Å²) >= 11 is 0. The molecule has 3 rings (SSSR count). The number of anilines is 1. The number of rotatable bonds is 7. The molecule has 0 saturated carbocycles. The second-order valence-electron chi connectivity index (χ2n) is 6.79. The van der Waals surface area contributed by atoms with E-state index >= 15 is 0 Å². The van der Waals surface area contributed by atoms with Crippen molar-refractivity contribution >= 4 is 17.5 Å². The summed E-state index contributed by atoms with van der Waals surface area (Å²) in [4.78, 5) is 27.7. The molecule has 27 heavy (non-hydrogen) atoms. The first-order valence-electron chi connectivity index (χ1n) is 9.20. The molecule has 1 aliphatic rings. The zero-order valence-electron chi connectivity index (χ0n) is 15.2. The van der Waals surface area contributed by atoms with Crippen molar-refractivity contribution < 1.29 is 14.0 Å². The molecule has 0 aromatic heterocycles. The van der Waals surface area contributed by atoms with Gasteiger partial charge < -0.3 is 15.5 Å². The fraction of sp³-hybridized carbons (Fsp3) is 0.333. The van der Waals surface area contributed by atoms with Crippen LogP contribution in [0.2, 0.25) is 0 Å². The van der Waals surface area contributed by atoms with Crippen LogP contribution in [0.25, 0.3) is 0 Å². The maximum Gasteiger partial charge on any atom is 0.254 e. The highest BCUT2D eigenvalue weighted by atomic mass is 19.1. The molecule has 5 nitrogen and oxygen atoms in total. The fourth-order valence-corrected chi connectivity index (χ4v) is 3.34. The third kappa shape index (κ3) is 4.84. The first-order valence-corrected chi connectivity index (χ1v) is 9.20. The van der Waals surface area contributed by atoms with Gasteiger partial charge in [-0.3, -0.25) is 9.59 Å². The van der Waals surface area contributed by atoms with Crippen LogP contribution >= 0.6 is 0 Å². The van der Waals surface area contributed by atoms with Crippen LogP contribution in [-0.4, -0.2) is 36.3 Å². The van der Waals surface area contributed by atoms with Gasteiger partial charge in [0.05, 0.1) is 5.69 Å². The van der Waals surface area contributed by atoms with Crippen molar-refractivity contribution in [2.45, 2.75) is 25.8 Å². The number of benzene rings is 2. The minimum absolute atomic E-state index is 0.0624. The van der Waals surface area contributed by atoms with Gasteiger partial charge >= 0.3 is 0 Å². The second kappa shape index (κ2) is 8.66. The van der Waals surface area contributed by atoms with E-state index in [0.717, 1.165) is 31.5 Å². The van der Waals surface area contributed by atoms with Gasteiger partial charge in [-0.05, 0) is 36.6 Å². The summed E-state index contributed by atoms with van der Waals surface area (Å²) < 4.78 is 14.6. The number of hydrogen-bond donors (Lipinski definition) is 1. The summed E-state index contributed by atoms with van der Waals surface area (Å²) in [7, 11) is 0.